The molecule has 38 heavy (non-hydrogen) atoms. The number of hydrogen-bond donors (Lipinski definition) is 0. The Morgan fingerprint density at radius 3 is 2.03 bits per heavy atom. The molecule has 0 amide bonds. The van der Waals surface area contributed by atoms with Crippen molar-refractivity contribution in [2.24, 2.45) is 0 Å². The highest BCUT2D eigenvalue weighted by Crippen LogP contribution is 2.43. The summed E-state index contributed by atoms with van der Waals surface area (Å²) in [4.78, 5) is 0. The summed E-state index contributed by atoms with van der Waals surface area (Å²) in [6.07, 6.45) is 0. The molecule has 0 aromatic heterocycles. The van der Waals surface area contributed by atoms with Crippen molar-refractivity contribution in [3.8, 4) is 33.8 Å². The van der Waals surface area contributed by atoms with E-state index in [2.05, 4.69) is 128 Å². The Labute approximate surface area is 223 Å². The average Bonchev–Trinajstić information content (AvgIpc) is 2.97. The van der Waals surface area contributed by atoms with Crippen molar-refractivity contribution in [2.45, 2.75) is 12.8 Å². The summed E-state index contributed by atoms with van der Waals surface area (Å²) < 4.78 is 13.1. The Hall–Kier alpha value is -4.56. The molecule has 0 fully saturated rings. The first-order valence-corrected chi connectivity index (χ1v) is 13.2. The Balaban J connectivity index is 1.32. The van der Waals surface area contributed by atoms with Crippen LogP contribution in [0.5, 0.6) is 11.5 Å². The van der Waals surface area contributed by atoms with E-state index in [4.69, 9.17) is 9.47 Å². The minimum atomic E-state index is 0.0920. The fourth-order valence-corrected chi connectivity index (χ4v) is 5.54. The lowest BCUT2D eigenvalue weighted by Gasteiger charge is -2.24. The van der Waals surface area contributed by atoms with Crippen molar-refractivity contribution >= 4 is 21.5 Å². The molecule has 0 N–H and O–H groups in total. The van der Waals surface area contributed by atoms with Gasteiger partial charge in [-0.25, -0.2) is 0 Å². The normalized spacial score (nSPS) is 14.9. The monoisotopic (exact) mass is 492 g/mol. The maximum atomic E-state index is 6.63. The predicted octanol–water partition coefficient (Wildman–Crippen LogP) is 9.19. The minimum absolute atomic E-state index is 0.0920. The van der Waals surface area contributed by atoms with Gasteiger partial charge in [-0.15, -0.1) is 0 Å². The van der Waals surface area contributed by atoms with E-state index < -0.39 is 0 Å². The van der Waals surface area contributed by atoms with Crippen molar-refractivity contribution in [3.05, 3.63) is 132 Å². The lowest BCUT2D eigenvalue weighted by atomic mass is 9.92. The molecule has 2 bridgehead atoms. The van der Waals surface area contributed by atoms with E-state index in [-0.39, 0.29) is 5.92 Å². The average molecular weight is 493 g/mol. The van der Waals surface area contributed by atoms with Gasteiger partial charge in [0.2, 0.25) is 0 Å². The molecule has 6 aromatic carbocycles. The fraction of sp³-hybridized carbons (Fsp3) is 0.111. The van der Waals surface area contributed by atoms with Crippen LogP contribution in [0.4, 0.5) is 0 Å². The van der Waals surface area contributed by atoms with Crippen LogP contribution in [0.2, 0.25) is 0 Å². The van der Waals surface area contributed by atoms with Crippen molar-refractivity contribution in [2.75, 3.05) is 13.2 Å². The van der Waals surface area contributed by atoms with Crippen LogP contribution in [0.3, 0.4) is 0 Å². The molecule has 2 heteroatoms. The molecule has 1 atom stereocenters. The summed E-state index contributed by atoms with van der Waals surface area (Å²) in [6.45, 7) is 3.20. The van der Waals surface area contributed by atoms with Crippen molar-refractivity contribution < 1.29 is 9.47 Å². The summed E-state index contributed by atoms with van der Waals surface area (Å²) in [7, 11) is 0. The van der Waals surface area contributed by atoms with E-state index in [0.717, 1.165) is 22.6 Å². The van der Waals surface area contributed by atoms with Gasteiger partial charge in [-0.3, -0.25) is 0 Å². The molecule has 0 radical (unpaired) electrons. The van der Waals surface area contributed by atoms with Crippen LogP contribution in [0.15, 0.2) is 121 Å². The summed E-state index contributed by atoms with van der Waals surface area (Å²) in [5, 5.41) is 4.75. The van der Waals surface area contributed by atoms with Gasteiger partial charge < -0.3 is 9.47 Å². The van der Waals surface area contributed by atoms with Crippen molar-refractivity contribution in [1.29, 1.82) is 0 Å². The molecule has 1 aliphatic rings. The number of benzene rings is 6. The zero-order valence-electron chi connectivity index (χ0n) is 21.4. The molecule has 1 aliphatic heterocycles. The van der Waals surface area contributed by atoms with E-state index in [9.17, 15) is 0 Å². The Bertz CT molecular complexity index is 1760. The molecular weight excluding hydrogens is 464 g/mol. The molecule has 184 valence electrons. The first-order valence-electron chi connectivity index (χ1n) is 13.2. The topological polar surface area (TPSA) is 18.5 Å². The van der Waals surface area contributed by atoms with E-state index in [1.807, 2.05) is 0 Å². The van der Waals surface area contributed by atoms with Gasteiger partial charge in [-0.1, -0.05) is 109 Å². The third-order valence-electron chi connectivity index (χ3n) is 7.65. The van der Waals surface area contributed by atoms with Gasteiger partial charge in [-0.2, -0.15) is 0 Å². The van der Waals surface area contributed by atoms with E-state index >= 15 is 0 Å². The van der Waals surface area contributed by atoms with E-state index in [1.54, 1.807) is 0 Å². The van der Waals surface area contributed by atoms with E-state index in [0.29, 0.717) is 13.2 Å². The second-order valence-electron chi connectivity index (χ2n) is 10.2. The Morgan fingerprint density at radius 2 is 1.24 bits per heavy atom. The highest BCUT2D eigenvalue weighted by molar-refractivity contribution is 6.08. The molecule has 0 saturated carbocycles. The smallest absolute Gasteiger partial charge is 0.127 e. The number of fused-ring (bicyclic) bond motifs is 8. The van der Waals surface area contributed by atoms with Gasteiger partial charge in [0.25, 0.3) is 0 Å². The highest BCUT2D eigenvalue weighted by atomic mass is 16.5. The molecule has 0 saturated heterocycles. The molecule has 0 aliphatic carbocycles. The molecule has 1 unspecified atom stereocenters. The zero-order chi connectivity index (χ0) is 25.5. The maximum Gasteiger partial charge on any atom is 0.127 e. The van der Waals surface area contributed by atoms with Gasteiger partial charge in [0.1, 0.15) is 11.5 Å². The molecular formula is C36H28O2. The van der Waals surface area contributed by atoms with Crippen LogP contribution in [-0.4, -0.2) is 13.2 Å². The van der Waals surface area contributed by atoms with Crippen LogP contribution in [0, 0.1) is 6.92 Å². The standard InChI is InChI=1S/C36H28O2/c1-24-10-12-25(13-11-24)26-14-16-27(17-15-26)30-22-37-31-20-29-7-3-4-8-32(29)34(21-31)36-33-9-5-2-6-28(33)18-19-35(36)38-23-30/h2-21,30H,22-23H2,1H3. The zero-order valence-corrected chi connectivity index (χ0v) is 21.4. The van der Waals surface area contributed by atoms with E-state index in [1.165, 1.54) is 43.8 Å². The van der Waals surface area contributed by atoms with Gasteiger partial charge in [-0.05, 0) is 68.9 Å². The first kappa shape index (κ1) is 22.6. The SMILES string of the molecule is Cc1ccc(-c2ccc(C3COc4cc(c5ccccc5c4)-c4c(ccc5ccccc45)OC3)cc2)cc1. The van der Waals surface area contributed by atoms with Crippen LogP contribution in [0.1, 0.15) is 17.0 Å². The molecule has 7 rings (SSSR count). The van der Waals surface area contributed by atoms with Gasteiger partial charge in [0.05, 0.1) is 19.1 Å². The molecule has 0 spiro atoms. The van der Waals surface area contributed by atoms with Crippen LogP contribution < -0.4 is 9.47 Å². The second-order valence-corrected chi connectivity index (χ2v) is 10.2. The lowest BCUT2D eigenvalue weighted by molar-refractivity contribution is 0.219. The second kappa shape index (κ2) is 9.39. The van der Waals surface area contributed by atoms with Crippen molar-refractivity contribution in [1.82, 2.24) is 0 Å². The molecule has 1 heterocycles. The lowest BCUT2D eigenvalue weighted by Crippen LogP contribution is -2.19. The third-order valence-corrected chi connectivity index (χ3v) is 7.65. The predicted molar refractivity (Wildman–Crippen MR) is 157 cm³/mol. The Morgan fingerprint density at radius 1 is 0.579 bits per heavy atom. The van der Waals surface area contributed by atoms with Crippen molar-refractivity contribution in [3.63, 3.8) is 0 Å². The summed E-state index contributed by atoms with van der Waals surface area (Å²) >= 11 is 0. The Kier molecular flexibility index (Phi) is 5.59. The van der Waals surface area contributed by atoms with Crippen LogP contribution in [0.25, 0.3) is 43.8 Å². The summed E-state index contributed by atoms with van der Waals surface area (Å²) in [5.41, 5.74) is 7.19. The quantitative estimate of drug-likeness (QED) is 0.240. The number of ether oxygens (including phenoxy) is 2. The largest absolute Gasteiger partial charge is 0.493 e. The maximum absolute atomic E-state index is 6.63. The molecule has 2 nitrogen and oxygen atoms in total. The summed E-state index contributed by atoms with van der Waals surface area (Å²) in [6, 6.07) is 43.2. The first-order chi connectivity index (χ1) is 18.7. The van der Waals surface area contributed by atoms with Crippen LogP contribution >= 0.6 is 0 Å². The third kappa shape index (κ3) is 4.09. The molecule has 6 aromatic rings. The number of rotatable bonds is 2. The van der Waals surface area contributed by atoms with Crippen LogP contribution in [-0.2, 0) is 0 Å². The fourth-order valence-electron chi connectivity index (χ4n) is 5.54. The minimum Gasteiger partial charge on any atom is -0.493 e. The number of aryl methyl sites for hydroxylation is 1. The number of hydrogen-bond acceptors (Lipinski definition) is 2. The van der Waals surface area contributed by atoms with Gasteiger partial charge >= 0.3 is 0 Å². The van der Waals surface area contributed by atoms with Gasteiger partial charge in [0.15, 0.2) is 0 Å². The van der Waals surface area contributed by atoms with Gasteiger partial charge in [0, 0.05) is 5.56 Å². The summed E-state index contributed by atoms with van der Waals surface area (Å²) in [5.74, 6) is 1.89. The highest BCUT2D eigenvalue weighted by Gasteiger charge is 2.21.